The molecular weight excluding hydrogens is 220 g/mol. The molecule has 0 saturated heterocycles. The number of nitro benzene ring substituents is 1. The van der Waals surface area contributed by atoms with E-state index in [4.69, 9.17) is 5.11 Å². The zero-order chi connectivity index (χ0) is 12.7. The van der Waals surface area contributed by atoms with Gasteiger partial charge < -0.3 is 10.4 Å². The number of aliphatic hydroxyl groups is 1. The summed E-state index contributed by atoms with van der Waals surface area (Å²) >= 11 is 0. The maximum absolute atomic E-state index is 10.8. The van der Waals surface area contributed by atoms with Gasteiger partial charge in [-0.25, -0.2) is 0 Å². The SMILES string of the molecule is CC(NCCCCO)c1ccccc1[N+](=O)[O-]. The fraction of sp³-hybridized carbons (Fsp3) is 0.500. The Balaban J connectivity index is 2.62. The summed E-state index contributed by atoms with van der Waals surface area (Å²) in [6, 6.07) is 6.69. The molecule has 0 heterocycles. The Hall–Kier alpha value is -1.46. The minimum atomic E-state index is -0.360. The summed E-state index contributed by atoms with van der Waals surface area (Å²) in [5.41, 5.74) is 0.844. The molecule has 0 radical (unpaired) electrons. The van der Waals surface area contributed by atoms with Crippen molar-refractivity contribution in [3.8, 4) is 0 Å². The molecule has 2 N–H and O–H groups in total. The zero-order valence-electron chi connectivity index (χ0n) is 9.93. The lowest BCUT2D eigenvalue weighted by Gasteiger charge is -2.13. The van der Waals surface area contributed by atoms with Gasteiger partial charge in [0.25, 0.3) is 5.69 Å². The number of hydrogen-bond acceptors (Lipinski definition) is 4. The molecule has 1 atom stereocenters. The van der Waals surface area contributed by atoms with Crippen LogP contribution in [0.5, 0.6) is 0 Å². The maximum Gasteiger partial charge on any atom is 0.274 e. The third-order valence-electron chi connectivity index (χ3n) is 2.64. The number of para-hydroxylation sites is 1. The summed E-state index contributed by atoms with van der Waals surface area (Å²) in [7, 11) is 0. The van der Waals surface area contributed by atoms with E-state index in [9.17, 15) is 10.1 Å². The van der Waals surface area contributed by atoms with Crippen LogP contribution in [-0.2, 0) is 0 Å². The van der Waals surface area contributed by atoms with E-state index in [0.29, 0.717) is 5.56 Å². The van der Waals surface area contributed by atoms with Crippen LogP contribution >= 0.6 is 0 Å². The van der Waals surface area contributed by atoms with Gasteiger partial charge in [-0.2, -0.15) is 0 Å². The minimum Gasteiger partial charge on any atom is -0.396 e. The second-order valence-corrected chi connectivity index (χ2v) is 3.92. The molecule has 5 nitrogen and oxygen atoms in total. The first-order valence-electron chi connectivity index (χ1n) is 5.74. The number of benzene rings is 1. The second-order valence-electron chi connectivity index (χ2n) is 3.92. The van der Waals surface area contributed by atoms with Gasteiger partial charge in [0.2, 0.25) is 0 Å². The minimum absolute atomic E-state index is 0.0599. The first-order valence-corrected chi connectivity index (χ1v) is 5.74. The van der Waals surface area contributed by atoms with Crippen molar-refractivity contribution in [2.24, 2.45) is 0 Å². The molecule has 1 unspecified atom stereocenters. The normalized spacial score (nSPS) is 12.4. The first kappa shape index (κ1) is 13.6. The summed E-state index contributed by atoms with van der Waals surface area (Å²) in [5, 5.41) is 22.7. The molecule has 0 aromatic heterocycles. The monoisotopic (exact) mass is 238 g/mol. The van der Waals surface area contributed by atoms with Crippen LogP contribution in [0.1, 0.15) is 31.4 Å². The Bertz CT molecular complexity index is 369. The molecule has 0 aliphatic heterocycles. The van der Waals surface area contributed by atoms with E-state index < -0.39 is 0 Å². The highest BCUT2D eigenvalue weighted by atomic mass is 16.6. The van der Waals surface area contributed by atoms with Crippen LogP contribution in [0, 0.1) is 10.1 Å². The smallest absolute Gasteiger partial charge is 0.274 e. The predicted molar refractivity (Wildman–Crippen MR) is 65.8 cm³/mol. The maximum atomic E-state index is 10.8. The third kappa shape index (κ3) is 4.13. The Labute approximate surface area is 101 Å². The average molecular weight is 238 g/mol. The molecule has 0 aliphatic carbocycles. The Morgan fingerprint density at radius 1 is 1.41 bits per heavy atom. The third-order valence-corrected chi connectivity index (χ3v) is 2.64. The summed E-state index contributed by atoms with van der Waals surface area (Å²) in [6.07, 6.45) is 1.61. The Kier molecular flexibility index (Phi) is 5.59. The van der Waals surface area contributed by atoms with Gasteiger partial charge in [0, 0.05) is 24.3 Å². The van der Waals surface area contributed by atoms with Gasteiger partial charge in [-0.1, -0.05) is 18.2 Å². The van der Waals surface area contributed by atoms with E-state index in [2.05, 4.69) is 5.32 Å². The molecule has 0 bridgehead atoms. The fourth-order valence-corrected chi connectivity index (χ4v) is 1.69. The van der Waals surface area contributed by atoms with Gasteiger partial charge in [0.05, 0.1) is 4.92 Å². The van der Waals surface area contributed by atoms with E-state index >= 15 is 0 Å². The molecule has 1 rings (SSSR count). The summed E-state index contributed by atoms with van der Waals surface area (Å²) in [4.78, 5) is 10.5. The van der Waals surface area contributed by atoms with E-state index in [-0.39, 0.29) is 23.3 Å². The quantitative estimate of drug-likeness (QED) is 0.433. The van der Waals surface area contributed by atoms with Crippen molar-refractivity contribution in [3.05, 3.63) is 39.9 Å². The molecule has 0 fully saturated rings. The fourth-order valence-electron chi connectivity index (χ4n) is 1.69. The average Bonchev–Trinajstić information content (AvgIpc) is 2.34. The highest BCUT2D eigenvalue weighted by Gasteiger charge is 2.17. The number of unbranched alkanes of at least 4 members (excludes halogenated alkanes) is 1. The molecular formula is C12H18N2O3. The van der Waals surface area contributed by atoms with Gasteiger partial charge in [-0.05, 0) is 26.3 Å². The molecule has 17 heavy (non-hydrogen) atoms. The van der Waals surface area contributed by atoms with Crippen molar-refractivity contribution in [3.63, 3.8) is 0 Å². The van der Waals surface area contributed by atoms with Crippen LogP contribution in [0.15, 0.2) is 24.3 Å². The highest BCUT2D eigenvalue weighted by molar-refractivity contribution is 5.41. The lowest BCUT2D eigenvalue weighted by atomic mass is 10.1. The summed E-state index contributed by atoms with van der Waals surface area (Å²) < 4.78 is 0. The highest BCUT2D eigenvalue weighted by Crippen LogP contribution is 2.24. The number of aliphatic hydroxyl groups excluding tert-OH is 1. The van der Waals surface area contributed by atoms with Crippen molar-refractivity contribution >= 4 is 5.69 Å². The lowest BCUT2D eigenvalue weighted by Crippen LogP contribution is -2.20. The number of hydrogen-bond donors (Lipinski definition) is 2. The van der Waals surface area contributed by atoms with Crippen LogP contribution < -0.4 is 5.32 Å². The summed E-state index contributed by atoms with van der Waals surface area (Å²) in [5.74, 6) is 0. The van der Waals surface area contributed by atoms with Crippen LogP contribution in [0.25, 0.3) is 0 Å². The number of rotatable bonds is 7. The van der Waals surface area contributed by atoms with E-state index in [1.54, 1.807) is 18.2 Å². The van der Waals surface area contributed by atoms with E-state index in [1.807, 2.05) is 6.92 Å². The standard InChI is InChI=1S/C12H18N2O3/c1-10(13-8-4-5-9-15)11-6-2-3-7-12(11)14(16)17/h2-3,6-7,10,13,15H,4-5,8-9H2,1H3. The topological polar surface area (TPSA) is 75.4 Å². The molecule has 1 aromatic rings. The number of nitro groups is 1. The summed E-state index contributed by atoms with van der Waals surface area (Å²) in [6.45, 7) is 2.83. The van der Waals surface area contributed by atoms with Gasteiger partial charge >= 0.3 is 0 Å². The Morgan fingerprint density at radius 3 is 2.76 bits per heavy atom. The van der Waals surface area contributed by atoms with Crippen molar-refractivity contribution in [2.75, 3.05) is 13.2 Å². The van der Waals surface area contributed by atoms with Crippen LogP contribution in [0.4, 0.5) is 5.69 Å². The van der Waals surface area contributed by atoms with Crippen molar-refractivity contribution in [1.82, 2.24) is 5.32 Å². The molecule has 94 valence electrons. The number of nitrogens with zero attached hydrogens (tertiary/aromatic N) is 1. The predicted octanol–water partition coefficient (Wildman–Crippen LogP) is 2.02. The largest absolute Gasteiger partial charge is 0.396 e. The second kappa shape index (κ2) is 6.98. The zero-order valence-corrected chi connectivity index (χ0v) is 9.93. The van der Waals surface area contributed by atoms with Gasteiger partial charge in [0.15, 0.2) is 0 Å². The molecule has 0 spiro atoms. The van der Waals surface area contributed by atoms with E-state index in [0.717, 1.165) is 19.4 Å². The lowest BCUT2D eigenvalue weighted by molar-refractivity contribution is -0.385. The van der Waals surface area contributed by atoms with Crippen molar-refractivity contribution < 1.29 is 10.0 Å². The molecule has 0 amide bonds. The molecule has 0 aliphatic rings. The molecule has 5 heteroatoms. The Morgan fingerprint density at radius 2 is 2.12 bits per heavy atom. The molecule has 1 aromatic carbocycles. The first-order chi connectivity index (χ1) is 8.16. The van der Waals surface area contributed by atoms with Gasteiger partial charge in [0.1, 0.15) is 0 Å². The van der Waals surface area contributed by atoms with Gasteiger partial charge in [-0.3, -0.25) is 10.1 Å². The number of nitrogens with one attached hydrogen (secondary N) is 1. The van der Waals surface area contributed by atoms with Crippen LogP contribution in [0.3, 0.4) is 0 Å². The molecule has 0 saturated carbocycles. The van der Waals surface area contributed by atoms with Crippen molar-refractivity contribution in [2.45, 2.75) is 25.8 Å². The van der Waals surface area contributed by atoms with Gasteiger partial charge in [-0.15, -0.1) is 0 Å². The van der Waals surface area contributed by atoms with Crippen LogP contribution in [0.2, 0.25) is 0 Å². The van der Waals surface area contributed by atoms with E-state index in [1.165, 1.54) is 6.07 Å². The van der Waals surface area contributed by atoms with Crippen LogP contribution in [-0.4, -0.2) is 23.2 Å². The van der Waals surface area contributed by atoms with Crippen molar-refractivity contribution in [1.29, 1.82) is 0 Å².